The monoisotopic (exact) mass is 229 g/mol. The fourth-order valence-corrected chi connectivity index (χ4v) is 0.909. The molecule has 0 aliphatic carbocycles. The van der Waals surface area contributed by atoms with Gasteiger partial charge in [-0.25, -0.2) is 0 Å². The standard InChI is InChI=1S/C9H18F3NO2/c1-3-14-5-7(2)15-6-8(4-13)9(10,11)12/h7-8H,3-6,13H2,1-2H3. The van der Waals surface area contributed by atoms with Crippen molar-refractivity contribution < 1.29 is 22.6 Å². The van der Waals surface area contributed by atoms with Gasteiger partial charge in [0.1, 0.15) is 0 Å². The molecule has 0 fully saturated rings. The first kappa shape index (κ1) is 14.7. The third-order valence-electron chi connectivity index (χ3n) is 1.89. The van der Waals surface area contributed by atoms with Crippen molar-refractivity contribution in [2.24, 2.45) is 11.7 Å². The average Bonchev–Trinajstić information content (AvgIpc) is 2.13. The van der Waals surface area contributed by atoms with E-state index >= 15 is 0 Å². The van der Waals surface area contributed by atoms with E-state index in [2.05, 4.69) is 0 Å². The van der Waals surface area contributed by atoms with Crippen molar-refractivity contribution in [3.8, 4) is 0 Å². The maximum absolute atomic E-state index is 12.2. The molecule has 2 atom stereocenters. The van der Waals surface area contributed by atoms with Gasteiger partial charge in [-0.05, 0) is 13.8 Å². The van der Waals surface area contributed by atoms with E-state index in [1.807, 2.05) is 6.92 Å². The Morgan fingerprint density at radius 3 is 2.27 bits per heavy atom. The Kier molecular flexibility index (Phi) is 6.87. The lowest BCUT2D eigenvalue weighted by atomic mass is 10.1. The van der Waals surface area contributed by atoms with Crippen LogP contribution in [0.25, 0.3) is 0 Å². The molecule has 0 spiro atoms. The number of ether oxygens (including phenoxy) is 2. The van der Waals surface area contributed by atoms with Crippen LogP contribution in [-0.4, -0.2) is 38.6 Å². The van der Waals surface area contributed by atoms with Crippen LogP contribution in [-0.2, 0) is 9.47 Å². The molecule has 0 bridgehead atoms. The summed E-state index contributed by atoms with van der Waals surface area (Å²) in [5.41, 5.74) is 5.01. The van der Waals surface area contributed by atoms with Crippen molar-refractivity contribution in [2.75, 3.05) is 26.4 Å². The van der Waals surface area contributed by atoms with E-state index in [1.165, 1.54) is 0 Å². The second-order valence-corrected chi connectivity index (χ2v) is 3.28. The lowest BCUT2D eigenvalue weighted by molar-refractivity contribution is -0.190. The van der Waals surface area contributed by atoms with Gasteiger partial charge in [-0.15, -0.1) is 0 Å². The van der Waals surface area contributed by atoms with E-state index in [0.717, 1.165) is 0 Å². The van der Waals surface area contributed by atoms with E-state index in [4.69, 9.17) is 15.2 Å². The highest BCUT2D eigenvalue weighted by molar-refractivity contribution is 4.68. The molecule has 0 aromatic carbocycles. The van der Waals surface area contributed by atoms with Gasteiger partial charge >= 0.3 is 6.18 Å². The van der Waals surface area contributed by atoms with Gasteiger partial charge in [0.15, 0.2) is 0 Å². The zero-order chi connectivity index (χ0) is 11.9. The normalized spacial score (nSPS) is 16.4. The van der Waals surface area contributed by atoms with Gasteiger partial charge in [0.2, 0.25) is 0 Å². The average molecular weight is 229 g/mol. The molecule has 2 N–H and O–H groups in total. The summed E-state index contributed by atoms with van der Waals surface area (Å²) < 4.78 is 46.7. The summed E-state index contributed by atoms with van der Waals surface area (Å²) in [5.74, 6) is -1.60. The SMILES string of the molecule is CCOCC(C)OCC(CN)C(F)(F)F. The third-order valence-corrected chi connectivity index (χ3v) is 1.89. The van der Waals surface area contributed by atoms with Gasteiger partial charge in [0.25, 0.3) is 0 Å². The maximum atomic E-state index is 12.2. The van der Waals surface area contributed by atoms with Crippen molar-refractivity contribution in [1.29, 1.82) is 0 Å². The quantitative estimate of drug-likeness (QED) is 0.720. The van der Waals surface area contributed by atoms with Crippen LogP contribution in [0.1, 0.15) is 13.8 Å². The minimum Gasteiger partial charge on any atom is -0.379 e. The topological polar surface area (TPSA) is 44.5 Å². The summed E-state index contributed by atoms with van der Waals surface area (Å²) >= 11 is 0. The number of alkyl halides is 3. The van der Waals surface area contributed by atoms with Crippen LogP contribution in [0.4, 0.5) is 13.2 Å². The lowest BCUT2D eigenvalue weighted by Crippen LogP contribution is -2.35. The molecular weight excluding hydrogens is 211 g/mol. The van der Waals surface area contributed by atoms with Gasteiger partial charge in [-0.1, -0.05) is 0 Å². The molecule has 15 heavy (non-hydrogen) atoms. The summed E-state index contributed by atoms with van der Waals surface area (Å²) in [6.07, 6.45) is -4.64. The highest BCUT2D eigenvalue weighted by Crippen LogP contribution is 2.25. The minimum atomic E-state index is -4.29. The van der Waals surface area contributed by atoms with Crippen molar-refractivity contribution in [3.63, 3.8) is 0 Å². The van der Waals surface area contributed by atoms with Gasteiger partial charge < -0.3 is 15.2 Å². The molecule has 0 amide bonds. The van der Waals surface area contributed by atoms with Crippen LogP contribution in [0.15, 0.2) is 0 Å². The lowest BCUT2D eigenvalue weighted by Gasteiger charge is -2.20. The highest BCUT2D eigenvalue weighted by Gasteiger charge is 2.38. The zero-order valence-electron chi connectivity index (χ0n) is 9.01. The predicted molar refractivity (Wildman–Crippen MR) is 50.5 cm³/mol. The van der Waals surface area contributed by atoms with Crippen molar-refractivity contribution in [1.82, 2.24) is 0 Å². The van der Waals surface area contributed by atoms with Crippen molar-refractivity contribution in [3.05, 3.63) is 0 Å². The second kappa shape index (κ2) is 7.03. The number of hydrogen-bond acceptors (Lipinski definition) is 3. The Labute approximate surface area is 87.7 Å². The Hall–Kier alpha value is -0.330. The predicted octanol–water partition coefficient (Wildman–Crippen LogP) is 1.57. The fourth-order valence-electron chi connectivity index (χ4n) is 0.909. The van der Waals surface area contributed by atoms with Gasteiger partial charge in [-0.2, -0.15) is 13.2 Å². The van der Waals surface area contributed by atoms with E-state index in [1.54, 1.807) is 6.92 Å². The van der Waals surface area contributed by atoms with E-state index < -0.39 is 25.2 Å². The summed E-state index contributed by atoms with van der Waals surface area (Å²) in [6, 6.07) is 0. The molecule has 0 saturated carbocycles. The summed E-state index contributed by atoms with van der Waals surface area (Å²) in [6.45, 7) is 3.43. The molecule has 6 heteroatoms. The molecule has 0 rings (SSSR count). The first-order valence-electron chi connectivity index (χ1n) is 4.87. The maximum Gasteiger partial charge on any atom is 0.395 e. The van der Waals surface area contributed by atoms with Crippen LogP contribution in [0, 0.1) is 5.92 Å². The largest absolute Gasteiger partial charge is 0.395 e. The Morgan fingerprint density at radius 2 is 1.87 bits per heavy atom. The van der Waals surface area contributed by atoms with E-state index in [9.17, 15) is 13.2 Å². The Morgan fingerprint density at radius 1 is 1.27 bits per heavy atom. The number of rotatable bonds is 7. The molecule has 92 valence electrons. The summed E-state index contributed by atoms with van der Waals surface area (Å²) in [5, 5.41) is 0. The van der Waals surface area contributed by atoms with Crippen LogP contribution in [0.5, 0.6) is 0 Å². The van der Waals surface area contributed by atoms with Crippen molar-refractivity contribution >= 4 is 0 Å². The Balaban J connectivity index is 3.80. The fraction of sp³-hybridized carbons (Fsp3) is 1.00. The molecular formula is C9H18F3NO2. The van der Waals surface area contributed by atoms with Crippen LogP contribution < -0.4 is 5.73 Å². The number of hydrogen-bond donors (Lipinski definition) is 1. The zero-order valence-corrected chi connectivity index (χ0v) is 9.01. The molecule has 0 heterocycles. The molecule has 0 aromatic rings. The number of nitrogens with two attached hydrogens (primary N) is 1. The van der Waals surface area contributed by atoms with E-state index in [-0.39, 0.29) is 6.10 Å². The minimum absolute atomic E-state index is 0.297. The third kappa shape index (κ3) is 6.70. The Bertz CT molecular complexity index is 164. The molecule has 0 saturated heterocycles. The first-order chi connectivity index (χ1) is 6.91. The van der Waals surface area contributed by atoms with Gasteiger partial charge in [0.05, 0.1) is 25.2 Å². The molecule has 2 unspecified atom stereocenters. The number of halogens is 3. The molecule has 0 aromatic heterocycles. The van der Waals surface area contributed by atoms with Crippen molar-refractivity contribution in [2.45, 2.75) is 26.1 Å². The highest BCUT2D eigenvalue weighted by atomic mass is 19.4. The molecule has 0 aliphatic heterocycles. The van der Waals surface area contributed by atoms with E-state index in [0.29, 0.717) is 13.2 Å². The van der Waals surface area contributed by atoms with Gasteiger partial charge in [0, 0.05) is 13.2 Å². The summed E-state index contributed by atoms with van der Waals surface area (Å²) in [4.78, 5) is 0. The molecule has 3 nitrogen and oxygen atoms in total. The first-order valence-corrected chi connectivity index (χ1v) is 4.87. The summed E-state index contributed by atoms with van der Waals surface area (Å²) in [7, 11) is 0. The molecule has 0 aliphatic rings. The van der Waals surface area contributed by atoms with Crippen LogP contribution in [0.3, 0.4) is 0 Å². The smallest absolute Gasteiger partial charge is 0.379 e. The van der Waals surface area contributed by atoms with Crippen LogP contribution >= 0.6 is 0 Å². The second-order valence-electron chi connectivity index (χ2n) is 3.28. The van der Waals surface area contributed by atoms with Crippen LogP contribution in [0.2, 0.25) is 0 Å². The molecule has 0 radical (unpaired) electrons. The van der Waals surface area contributed by atoms with Gasteiger partial charge in [-0.3, -0.25) is 0 Å².